The molecule has 1 aromatic carbocycles. The predicted molar refractivity (Wildman–Crippen MR) is 68.4 cm³/mol. The summed E-state index contributed by atoms with van der Waals surface area (Å²) >= 11 is 0. The number of rotatable bonds is 6. The number of hydrogen-bond donors (Lipinski definition) is 2. The zero-order valence-corrected chi connectivity index (χ0v) is 10.1. The molecule has 0 radical (unpaired) electrons. The Morgan fingerprint density at radius 2 is 2.12 bits per heavy atom. The molecule has 0 aliphatic heterocycles. The highest BCUT2D eigenvalue weighted by atomic mass is 16.3. The maximum atomic E-state index is 11.6. The number of nitrogens with one attached hydrogen (secondary N) is 1. The highest BCUT2D eigenvalue weighted by molar-refractivity contribution is 5.78. The smallest absolute Gasteiger partial charge is 0.223 e. The molecule has 2 atom stereocenters. The molecular formula is C14H19NO2. The van der Waals surface area contributed by atoms with Crippen molar-refractivity contribution < 1.29 is 9.90 Å². The van der Waals surface area contributed by atoms with Gasteiger partial charge >= 0.3 is 0 Å². The molecule has 2 N–H and O–H groups in total. The van der Waals surface area contributed by atoms with Crippen molar-refractivity contribution in [1.29, 1.82) is 0 Å². The summed E-state index contributed by atoms with van der Waals surface area (Å²) in [6, 6.07) is 9.29. The average Bonchev–Trinajstić information content (AvgIpc) is 2.36. The number of carbonyl (C=O) groups is 1. The van der Waals surface area contributed by atoms with E-state index in [4.69, 9.17) is 0 Å². The van der Waals surface area contributed by atoms with Crippen molar-refractivity contribution in [2.75, 3.05) is 6.54 Å². The molecule has 92 valence electrons. The predicted octanol–water partition coefficient (Wildman–Crippen LogP) is 2.05. The van der Waals surface area contributed by atoms with Gasteiger partial charge in [-0.25, -0.2) is 0 Å². The third kappa shape index (κ3) is 4.41. The molecule has 0 spiro atoms. The molecule has 0 saturated heterocycles. The lowest BCUT2D eigenvalue weighted by atomic mass is 10.1. The zero-order valence-electron chi connectivity index (χ0n) is 10.1. The largest absolute Gasteiger partial charge is 0.387 e. The molecule has 1 aromatic rings. The van der Waals surface area contributed by atoms with Crippen molar-refractivity contribution in [3.8, 4) is 0 Å². The molecule has 0 heterocycles. The highest BCUT2D eigenvalue weighted by Crippen LogP contribution is 2.11. The molecule has 1 amide bonds. The zero-order chi connectivity index (χ0) is 12.7. The van der Waals surface area contributed by atoms with Gasteiger partial charge in [-0.15, -0.1) is 6.58 Å². The van der Waals surface area contributed by atoms with Crippen molar-refractivity contribution in [3.63, 3.8) is 0 Å². The van der Waals surface area contributed by atoms with Crippen LogP contribution in [0.2, 0.25) is 0 Å². The summed E-state index contributed by atoms with van der Waals surface area (Å²) in [5.41, 5.74) is 0.809. The van der Waals surface area contributed by atoms with E-state index in [1.165, 1.54) is 0 Å². The first-order valence-corrected chi connectivity index (χ1v) is 5.76. The van der Waals surface area contributed by atoms with E-state index in [9.17, 15) is 9.90 Å². The van der Waals surface area contributed by atoms with Gasteiger partial charge in [-0.3, -0.25) is 4.79 Å². The topological polar surface area (TPSA) is 49.3 Å². The van der Waals surface area contributed by atoms with Crippen LogP contribution in [-0.2, 0) is 4.79 Å². The molecular weight excluding hydrogens is 214 g/mol. The van der Waals surface area contributed by atoms with Gasteiger partial charge in [0.05, 0.1) is 6.10 Å². The third-order valence-electron chi connectivity index (χ3n) is 2.62. The van der Waals surface area contributed by atoms with E-state index in [0.29, 0.717) is 6.42 Å². The Morgan fingerprint density at radius 1 is 1.47 bits per heavy atom. The molecule has 0 unspecified atom stereocenters. The monoisotopic (exact) mass is 233 g/mol. The van der Waals surface area contributed by atoms with Gasteiger partial charge in [0, 0.05) is 12.5 Å². The maximum Gasteiger partial charge on any atom is 0.223 e. The molecule has 3 heteroatoms. The molecule has 17 heavy (non-hydrogen) atoms. The summed E-state index contributed by atoms with van der Waals surface area (Å²) < 4.78 is 0. The molecule has 1 rings (SSSR count). The lowest BCUT2D eigenvalue weighted by molar-refractivity contribution is -0.124. The van der Waals surface area contributed by atoms with Crippen molar-refractivity contribution in [2.45, 2.75) is 19.4 Å². The Balaban J connectivity index is 2.41. The van der Waals surface area contributed by atoms with Gasteiger partial charge in [-0.2, -0.15) is 0 Å². The van der Waals surface area contributed by atoms with E-state index in [1.54, 1.807) is 6.08 Å². The van der Waals surface area contributed by atoms with Crippen LogP contribution in [-0.4, -0.2) is 17.6 Å². The summed E-state index contributed by atoms with van der Waals surface area (Å²) in [6.45, 7) is 5.68. The lowest BCUT2D eigenvalue weighted by Crippen LogP contribution is -2.32. The summed E-state index contributed by atoms with van der Waals surface area (Å²) in [6.07, 6.45) is 1.71. The minimum Gasteiger partial charge on any atom is -0.387 e. The first-order chi connectivity index (χ1) is 8.15. The second-order valence-corrected chi connectivity index (χ2v) is 4.10. The van der Waals surface area contributed by atoms with Gasteiger partial charge in [0.15, 0.2) is 0 Å². The molecule has 3 nitrogen and oxygen atoms in total. The first kappa shape index (κ1) is 13.5. The fourth-order valence-electron chi connectivity index (χ4n) is 1.52. The van der Waals surface area contributed by atoms with Gasteiger partial charge in [-0.05, 0) is 12.0 Å². The molecule has 0 saturated carbocycles. The fraction of sp³-hybridized carbons (Fsp3) is 0.357. The Kier molecular flexibility index (Phi) is 5.43. The molecule has 0 aliphatic rings. The van der Waals surface area contributed by atoms with E-state index in [-0.39, 0.29) is 18.4 Å². The van der Waals surface area contributed by atoms with Gasteiger partial charge in [0.1, 0.15) is 0 Å². The minimum absolute atomic E-state index is 0.0557. The van der Waals surface area contributed by atoms with Gasteiger partial charge in [0.25, 0.3) is 0 Å². The number of carbonyl (C=O) groups excluding carboxylic acids is 1. The summed E-state index contributed by atoms with van der Waals surface area (Å²) in [5.74, 6) is -0.157. The van der Waals surface area contributed by atoms with Crippen LogP contribution in [0.1, 0.15) is 25.0 Å². The van der Waals surface area contributed by atoms with Crippen LogP contribution in [0.4, 0.5) is 0 Å². The van der Waals surface area contributed by atoms with Crippen LogP contribution in [0, 0.1) is 5.92 Å². The van der Waals surface area contributed by atoms with E-state index in [2.05, 4.69) is 11.9 Å². The second-order valence-electron chi connectivity index (χ2n) is 4.10. The number of aliphatic hydroxyl groups is 1. The van der Waals surface area contributed by atoms with E-state index < -0.39 is 6.10 Å². The lowest BCUT2D eigenvalue weighted by Gasteiger charge is -2.14. The SMILES string of the molecule is C=CC[C@@H](C)C(=O)NC[C@@H](O)c1ccccc1. The van der Waals surface area contributed by atoms with Crippen LogP contribution in [0.5, 0.6) is 0 Å². The van der Waals surface area contributed by atoms with Crippen LogP contribution in [0.3, 0.4) is 0 Å². The number of hydrogen-bond acceptors (Lipinski definition) is 2. The normalized spacial score (nSPS) is 13.8. The number of benzene rings is 1. The van der Waals surface area contributed by atoms with Crippen molar-refractivity contribution in [2.24, 2.45) is 5.92 Å². The van der Waals surface area contributed by atoms with Gasteiger partial charge in [-0.1, -0.05) is 43.3 Å². The Hall–Kier alpha value is -1.61. The van der Waals surface area contributed by atoms with Crippen molar-refractivity contribution in [1.82, 2.24) is 5.32 Å². The number of allylic oxidation sites excluding steroid dienone is 1. The van der Waals surface area contributed by atoms with E-state index in [1.807, 2.05) is 37.3 Å². The number of aliphatic hydroxyl groups excluding tert-OH is 1. The summed E-state index contributed by atoms with van der Waals surface area (Å²) in [7, 11) is 0. The van der Waals surface area contributed by atoms with Crippen LogP contribution < -0.4 is 5.32 Å². The van der Waals surface area contributed by atoms with Gasteiger partial charge < -0.3 is 10.4 Å². The van der Waals surface area contributed by atoms with Crippen molar-refractivity contribution in [3.05, 3.63) is 48.6 Å². The van der Waals surface area contributed by atoms with Crippen molar-refractivity contribution >= 4 is 5.91 Å². The van der Waals surface area contributed by atoms with Gasteiger partial charge in [0.2, 0.25) is 5.91 Å². The van der Waals surface area contributed by atoms with Crippen LogP contribution >= 0.6 is 0 Å². The average molecular weight is 233 g/mol. The third-order valence-corrected chi connectivity index (χ3v) is 2.62. The summed E-state index contributed by atoms with van der Waals surface area (Å²) in [4.78, 5) is 11.6. The van der Waals surface area contributed by atoms with E-state index >= 15 is 0 Å². The standard InChI is InChI=1S/C14H19NO2/c1-3-7-11(2)14(17)15-10-13(16)12-8-5-4-6-9-12/h3-6,8-9,11,13,16H,1,7,10H2,2H3,(H,15,17)/t11-,13-/m1/s1. The highest BCUT2D eigenvalue weighted by Gasteiger charge is 2.13. The molecule has 0 fully saturated rings. The quantitative estimate of drug-likeness (QED) is 0.739. The second kappa shape index (κ2) is 6.86. The first-order valence-electron chi connectivity index (χ1n) is 5.76. The van der Waals surface area contributed by atoms with Crippen LogP contribution in [0.25, 0.3) is 0 Å². The summed E-state index contributed by atoms with van der Waals surface area (Å²) in [5, 5.41) is 12.6. The Morgan fingerprint density at radius 3 is 2.71 bits per heavy atom. The molecule has 0 aromatic heterocycles. The minimum atomic E-state index is -0.656. The Bertz CT molecular complexity index is 362. The number of amides is 1. The Labute approximate surface area is 102 Å². The van der Waals surface area contributed by atoms with E-state index in [0.717, 1.165) is 5.56 Å². The molecule has 0 bridgehead atoms. The molecule has 0 aliphatic carbocycles. The van der Waals surface area contributed by atoms with Crippen LogP contribution in [0.15, 0.2) is 43.0 Å². The maximum absolute atomic E-state index is 11.6. The fourth-order valence-corrected chi connectivity index (χ4v) is 1.52.